The third-order valence-corrected chi connectivity index (χ3v) is 3.32. The van der Waals surface area contributed by atoms with E-state index in [4.69, 9.17) is 5.11 Å². The molecule has 5 heteroatoms. The second-order valence-electron chi connectivity index (χ2n) is 4.91. The highest BCUT2D eigenvalue weighted by atomic mass is 16.4. The number of aliphatic carboxylic acids is 1. The molecule has 0 aromatic heterocycles. The number of para-hydroxylation sites is 1. The summed E-state index contributed by atoms with van der Waals surface area (Å²) in [6, 6.07) is 7.21. The molecule has 0 spiro atoms. The van der Waals surface area contributed by atoms with E-state index >= 15 is 0 Å². The largest absolute Gasteiger partial charge is 0.481 e. The van der Waals surface area contributed by atoms with Gasteiger partial charge in [0.25, 0.3) is 0 Å². The number of carboxylic acid groups (broad SMARTS) is 1. The molecule has 5 nitrogen and oxygen atoms in total. The van der Waals surface area contributed by atoms with Crippen molar-refractivity contribution in [3.05, 3.63) is 29.8 Å². The number of hydrogen-bond acceptors (Lipinski definition) is 2. The van der Waals surface area contributed by atoms with Crippen LogP contribution in [0.2, 0.25) is 0 Å². The van der Waals surface area contributed by atoms with Gasteiger partial charge in [-0.1, -0.05) is 31.5 Å². The Balaban J connectivity index is 2.72. The minimum Gasteiger partial charge on any atom is -0.481 e. The summed E-state index contributed by atoms with van der Waals surface area (Å²) < 4.78 is 0. The number of unbranched alkanes of at least 4 members (excludes halogenated alkanes) is 1. The lowest BCUT2D eigenvalue weighted by Crippen LogP contribution is -2.35. The monoisotopic (exact) mass is 292 g/mol. The molecule has 0 aliphatic carbocycles. The zero-order valence-corrected chi connectivity index (χ0v) is 12.8. The minimum atomic E-state index is -0.839. The molecule has 0 aliphatic heterocycles. The molecule has 0 heterocycles. The van der Waals surface area contributed by atoms with Crippen LogP contribution in [-0.2, 0) is 11.2 Å². The second kappa shape index (κ2) is 9.00. The maximum atomic E-state index is 12.2. The van der Waals surface area contributed by atoms with Gasteiger partial charge in [0.05, 0.1) is 0 Å². The molecule has 2 N–H and O–H groups in total. The van der Waals surface area contributed by atoms with Crippen LogP contribution in [0.25, 0.3) is 0 Å². The van der Waals surface area contributed by atoms with E-state index in [1.807, 2.05) is 31.2 Å². The van der Waals surface area contributed by atoms with E-state index in [-0.39, 0.29) is 12.5 Å². The molecule has 0 fully saturated rings. The van der Waals surface area contributed by atoms with Crippen molar-refractivity contribution in [1.82, 2.24) is 4.90 Å². The number of urea groups is 1. The van der Waals surface area contributed by atoms with Gasteiger partial charge in [0.15, 0.2) is 0 Å². The summed E-state index contributed by atoms with van der Waals surface area (Å²) in [5.41, 5.74) is 1.54. The fraction of sp³-hybridized carbons (Fsp3) is 0.500. The highest BCUT2D eigenvalue weighted by Gasteiger charge is 2.13. The van der Waals surface area contributed by atoms with Crippen molar-refractivity contribution < 1.29 is 14.7 Å². The van der Waals surface area contributed by atoms with E-state index in [1.165, 1.54) is 0 Å². The van der Waals surface area contributed by atoms with Gasteiger partial charge in [-0.3, -0.25) is 4.79 Å². The van der Waals surface area contributed by atoms with Crippen LogP contribution < -0.4 is 5.32 Å². The number of amides is 2. The van der Waals surface area contributed by atoms with Crippen LogP contribution in [0, 0.1) is 0 Å². The second-order valence-corrected chi connectivity index (χ2v) is 4.91. The molecule has 1 aromatic carbocycles. The Morgan fingerprint density at radius 2 is 1.95 bits per heavy atom. The number of hydrogen-bond donors (Lipinski definition) is 2. The van der Waals surface area contributed by atoms with Crippen LogP contribution >= 0.6 is 0 Å². The Morgan fingerprint density at radius 1 is 1.24 bits per heavy atom. The van der Waals surface area contributed by atoms with E-state index in [1.54, 1.807) is 4.90 Å². The van der Waals surface area contributed by atoms with Gasteiger partial charge in [0, 0.05) is 25.2 Å². The molecule has 1 aromatic rings. The predicted octanol–water partition coefficient (Wildman–Crippen LogP) is 3.36. The van der Waals surface area contributed by atoms with Crippen molar-refractivity contribution in [2.75, 3.05) is 18.4 Å². The first kappa shape index (κ1) is 17.0. The normalized spacial score (nSPS) is 10.2. The molecule has 0 saturated heterocycles. The summed E-state index contributed by atoms with van der Waals surface area (Å²) in [7, 11) is 0. The van der Waals surface area contributed by atoms with Crippen molar-refractivity contribution in [1.29, 1.82) is 0 Å². The van der Waals surface area contributed by atoms with Crippen LogP contribution in [0.15, 0.2) is 24.3 Å². The summed E-state index contributed by atoms with van der Waals surface area (Å²) in [6.07, 6.45) is 2.48. The summed E-state index contributed by atoms with van der Waals surface area (Å²) in [5, 5.41) is 11.7. The van der Waals surface area contributed by atoms with Crippen LogP contribution in [0.4, 0.5) is 10.5 Å². The molecule has 21 heavy (non-hydrogen) atoms. The Hall–Kier alpha value is -2.04. The van der Waals surface area contributed by atoms with E-state index < -0.39 is 5.97 Å². The number of nitrogens with zero attached hydrogens (tertiary/aromatic N) is 1. The smallest absolute Gasteiger partial charge is 0.321 e. The standard InChI is InChI=1S/C16H24N2O3/c1-3-5-12-18(4-2)16(21)17-14-9-7-6-8-13(14)10-11-15(19)20/h6-9H,3-5,10-12H2,1-2H3,(H,17,21)(H,19,20). The van der Waals surface area contributed by atoms with Crippen molar-refractivity contribution in [3.63, 3.8) is 0 Å². The number of nitrogens with one attached hydrogen (secondary N) is 1. The van der Waals surface area contributed by atoms with Gasteiger partial charge >= 0.3 is 12.0 Å². The Kier molecular flexibility index (Phi) is 7.29. The number of anilines is 1. The first-order valence-electron chi connectivity index (χ1n) is 7.44. The van der Waals surface area contributed by atoms with Gasteiger partial charge in [0.1, 0.15) is 0 Å². The SMILES string of the molecule is CCCCN(CC)C(=O)Nc1ccccc1CCC(=O)O. The molecular formula is C16H24N2O3. The molecule has 2 amide bonds. The highest BCUT2D eigenvalue weighted by Crippen LogP contribution is 2.17. The molecule has 0 unspecified atom stereocenters. The van der Waals surface area contributed by atoms with Gasteiger partial charge in [-0.15, -0.1) is 0 Å². The Labute approximate surface area is 126 Å². The molecule has 0 atom stereocenters. The minimum absolute atomic E-state index is 0.0558. The molecule has 1 rings (SSSR count). The number of carbonyl (C=O) groups is 2. The zero-order chi connectivity index (χ0) is 15.7. The van der Waals surface area contributed by atoms with Gasteiger partial charge < -0.3 is 15.3 Å². The van der Waals surface area contributed by atoms with Gasteiger partial charge in [0.2, 0.25) is 0 Å². The fourth-order valence-corrected chi connectivity index (χ4v) is 2.05. The third kappa shape index (κ3) is 5.85. The number of rotatable bonds is 8. The Morgan fingerprint density at radius 3 is 2.57 bits per heavy atom. The van der Waals surface area contributed by atoms with Crippen molar-refractivity contribution >= 4 is 17.7 Å². The van der Waals surface area contributed by atoms with Crippen LogP contribution in [-0.4, -0.2) is 35.1 Å². The molecule has 0 saturated carbocycles. The first-order valence-corrected chi connectivity index (χ1v) is 7.44. The maximum absolute atomic E-state index is 12.2. The van der Waals surface area contributed by atoms with Crippen molar-refractivity contribution in [2.45, 2.75) is 39.5 Å². The lowest BCUT2D eigenvalue weighted by atomic mass is 10.1. The summed E-state index contributed by atoms with van der Waals surface area (Å²) in [5.74, 6) is -0.839. The lowest BCUT2D eigenvalue weighted by molar-refractivity contribution is -0.136. The van der Waals surface area contributed by atoms with E-state index in [9.17, 15) is 9.59 Å². The summed E-state index contributed by atoms with van der Waals surface area (Å²) >= 11 is 0. The van der Waals surface area contributed by atoms with Crippen molar-refractivity contribution in [3.8, 4) is 0 Å². The van der Waals surface area contributed by atoms with Crippen LogP contribution in [0.3, 0.4) is 0 Å². The number of carboxylic acids is 1. The number of benzene rings is 1. The Bertz CT molecular complexity index is 474. The molecular weight excluding hydrogens is 268 g/mol. The van der Waals surface area contributed by atoms with E-state index in [2.05, 4.69) is 12.2 Å². The van der Waals surface area contributed by atoms with E-state index in [0.717, 1.165) is 24.9 Å². The quantitative estimate of drug-likeness (QED) is 0.772. The number of carbonyl (C=O) groups excluding carboxylic acids is 1. The van der Waals surface area contributed by atoms with Gasteiger partial charge in [-0.25, -0.2) is 4.79 Å². The molecule has 0 radical (unpaired) electrons. The molecule has 0 bridgehead atoms. The number of aryl methyl sites for hydroxylation is 1. The van der Waals surface area contributed by atoms with Gasteiger partial charge in [-0.05, 0) is 31.4 Å². The maximum Gasteiger partial charge on any atom is 0.321 e. The first-order chi connectivity index (χ1) is 10.1. The van der Waals surface area contributed by atoms with Crippen LogP contribution in [0.1, 0.15) is 38.7 Å². The zero-order valence-electron chi connectivity index (χ0n) is 12.8. The average molecular weight is 292 g/mol. The van der Waals surface area contributed by atoms with Gasteiger partial charge in [-0.2, -0.15) is 0 Å². The highest BCUT2D eigenvalue weighted by molar-refractivity contribution is 5.90. The average Bonchev–Trinajstić information content (AvgIpc) is 2.47. The topological polar surface area (TPSA) is 69.6 Å². The predicted molar refractivity (Wildman–Crippen MR) is 83.6 cm³/mol. The van der Waals surface area contributed by atoms with E-state index in [0.29, 0.717) is 18.7 Å². The molecule has 116 valence electrons. The third-order valence-electron chi connectivity index (χ3n) is 3.32. The summed E-state index contributed by atoms with van der Waals surface area (Å²) in [6.45, 7) is 5.43. The van der Waals surface area contributed by atoms with Crippen molar-refractivity contribution in [2.24, 2.45) is 0 Å². The van der Waals surface area contributed by atoms with Crippen LogP contribution in [0.5, 0.6) is 0 Å². The lowest BCUT2D eigenvalue weighted by Gasteiger charge is -2.22. The summed E-state index contributed by atoms with van der Waals surface area (Å²) in [4.78, 5) is 24.7. The molecule has 0 aliphatic rings. The fourth-order valence-electron chi connectivity index (χ4n) is 2.05.